The van der Waals surface area contributed by atoms with Gasteiger partial charge in [-0.05, 0) is 42.0 Å². The van der Waals surface area contributed by atoms with E-state index < -0.39 is 0 Å². The quantitative estimate of drug-likeness (QED) is 0.404. The molecule has 2 heterocycles. The minimum Gasteiger partial charge on any atom is -0.493 e. The van der Waals surface area contributed by atoms with Crippen LogP contribution in [0.1, 0.15) is 15.9 Å². The topological polar surface area (TPSA) is 73.8 Å². The number of pyridine rings is 1. The molecule has 9 heteroatoms. The lowest BCUT2D eigenvalue weighted by Gasteiger charge is -2.21. The Morgan fingerprint density at radius 3 is 2.44 bits per heavy atom. The van der Waals surface area contributed by atoms with Crippen LogP contribution in [0.5, 0.6) is 17.2 Å². The number of halogens is 1. The van der Waals surface area contributed by atoms with Crippen LogP contribution < -0.4 is 19.1 Å². The molecule has 2 aromatic carbocycles. The molecular formula is C23H20FN3O4S. The number of ether oxygens (including phenoxy) is 3. The van der Waals surface area contributed by atoms with Crippen molar-refractivity contribution in [2.45, 2.75) is 6.54 Å². The van der Waals surface area contributed by atoms with Gasteiger partial charge >= 0.3 is 0 Å². The first kappa shape index (κ1) is 21.5. The van der Waals surface area contributed by atoms with Crippen molar-refractivity contribution < 1.29 is 23.4 Å². The lowest BCUT2D eigenvalue weighted by molar-refractivity contribution is 0.0984. The molecule has 2 aromatic heterocycles. The Labute approximate surface area is 188 Å². The zero-order valence-electron chi connectivity index (χ0n) is 17.7. The molecule has 4 rings (SSSR count). The van der Waals surface area contributed by atoms with E-state index in [1.54, 1.807) is 36.7 Å². The number of aromatic nitrogens is 2. The van der Waals surface area contributed by atoms with Crippen LogP contribution in [0.4, 0.5) is 9.52 Å². The number of anilines is 1. The summed E-state index contributed by atoms with van der Waals surface area (Å²) >= 11 is 1.24. The standard InChI is InChI=1S/C23H20FN3O4S/c1-29-18-9-15(10-19(30-2)21(18)31-3)22(28)27(13-14-5-4-8-25-12-14)23-26-17-7-6-16(24)11-20(17)32-23/h4-12H,13H2,1-3H3. The number of benzene rings is 2. The molecule has 0 fully saturated rings. The van der Waals surface area contributed by atoms with Gasteiger partial charge in [-0.15, -0.1) is 0 Å². The van der Waals surface area contributed by atoms with Gasteiger partial charge in [0.05, 0.1) is 38.1 Å². The smallest absolute Gasteiger partial charge is 0.260 e. The van der Waals surface area contributed by atoms with Crippen LogP contribution in [0.3, 0.4) is 0 Å². The van der Waals surface area contributed by atoms with Crippen LogP contribution in [0.2, 0.25) is 0 Å². The van der Waals surface area contributed by atoms with Crippen molar-refractivity contribution in [2.75, 3.05) is 26.2 Å². The van der Waals surface area contributed by atoms with E-state index in [0.29, 0.717) is 38.2 Å². The molecule has 0 spiro atoms. The van der Waals surface area contributed by atoms with Crippen LogP contribution in [-0.4, -0.2) is 37.2 Å². The Bertz CT molecular complexity index is 1240. The number of carbonyl (C=O) groups excluding carboxylic acids is 1. The molecule has 0 unspecified atom stereocenters. The summed E-state index contributed by atoms with van der Waals surface area (Å²) in [6.45, 7) is 0.228. The SMILES string of the molecule is COc1cc(C(=O)N(Cc2cccnc2)c2nc3ccc(F)cc3s2)cc(OC)c1OC. The lowest BCUT2D eigenvalue weighted by Crippen LogP contribution is -2.30. The molecule has 7 nitrogen and oxygen atoms in total. The van der Waals surface area contributed by atoms with Crippen molar-refractivity contribution in [3.63, 3.8) is 0 Å². The second-order valence-corrected chi connectivity index (χ2v) is 7.78. The van der Waals surface area contributed by atoms with E-state index in [1.807, 2.05) is 6.07 Å². The summed E-state index contributed by atoms with van der Waals surface area (Å²) in [7, 11) is 4.47. The molecule has 32 heavy (non-hydrogen) atoms. The maximum Gasteiger partial charge on any atom is 0.260 e. The lowest BCUT2D eigenvalue weighted by atomic mass is 10.1. The highest BCUT2D eigenvalue weighted by Crippen LogP contribution is 2.39. The summed E-state index contributed by atoms with van der Waals surface area (Å²) in [5.41, 5.74) is 1.76. The van der Waals surface area contributed by atoms with Crippen molar-refractivity contribution in [1.82, 2.24) is 9.97 Å². The van der Waals surface area contributed by atoms with Gasteiger partial charge in [0.2, 0.25) is 5.75 Å². The summed E-state index contributed by atoms with van der Waals surface area (Å²) in [6.07, 6.45) is 3.35. The predicted molar refractivity (Wildman–Crippen MR) is 120 cm³/mol. The second-order valence-electron chi connectivity index (χ2n) is 6.78. The Morgan fingerprint density at radius 1 is 1.06 bits per heavy atom. The van der Waals surface area contributed by atoms with Crippen molar-refractivity contribution in [3.8, 4) is 17.2 Å². The number of methoxy groups -OCH3 is 3. The summed E-state index contributed by atoms with van der Waals surface area (Å²) in [6, 6.07) is 11.2. The van der Waals surface area contributed by atoms with E-state index in [-0.39, 0.29) is 18.3 Å². The van der Waals surface area contributed by atoms with Crippen molar-refractivity contribution in [2.24, 2.45) is 0 Å². The van der Waals surface area contributed by atoms with E-state index in [0.717, 1.165) is 5.56 Å². The number of rotatable bonds is 7. The van der Waals surface area contributed by atoms with E-state index in [4.69, 9.17) is 14.2 Å². The van der Waals surface area contributed by atoms with Gasteiger partial charge in [0.25, 0.3) is 5.91 Å². The Balaban J connectivity index is 1.81. The van der Waals surface area contributed by atoms with Gasteiger partial charge in [-0.25, -0.2) is 9.37 Å². The van der Waals surface area contributed by atoms with Gasteiger partial charge in [-0.1, -0.05) is 17.4 Å². The van der Waals surface area contributed by atoms with Gasteiger partial charge in [0, 0.05) is 18.0 Å². The van der Waals surface area contributed by atoms with Gasteiger partial charge in [-0.3, -0.25) is 14.7 Å². The van der Waals surface area contributed by atoms with Gasteiger partial charge in [0.1, 0.15) is 5.82 Å². The average Bonchev–Trinajstić information content (AvgIpc) is 3.24. The molecule has 1 amide bonds. The summed E-state index contributed by atoms with van der Waals surface area (Å²) < 4.78 is 30.5. The number of fused-ring (bicyclic) bond motifs is 1. The maximum atomic E-state index is 13.7. The summed E-state index contributed by atoms with van der Waals surface area (Å²) in [4.78, 5) is 23.9. The molecule has 0 aliphatic rings. The van der Waals surface area contributed by atoms with Crippen molar-refractivity contribution >= 4 is 32.6 Å². The first-order valence-electron chi connectivity index (χ1n) is 9.61. The Hall–Kier alpha value is -3.72. The number of nitrogens with zero attached hydrogens (tertiary/aromatic N) is 3. The zero-order valence-corrected chi connectivity index (χ0v) is 18.5. The third kappa shape index (κ3) is 4.19. The third-order valence-corrected chi connectivity index (χ3v) is 5.83. The number of amides is 1. The zero-order chi connectivity index (χ0) is 22.7. The molecule has 164 valence electrons. The first-order valence-corrected chi connectivity index (χ1v) is 10.4. The molecule has 0 aliphatic heterocycles. The summed E-state index contributed by atoms with van der Waals surface area (Å²) in [5, 5.41) is 0.438. The molecule has 0 atom stereocenters. The largest absolute Gasteiger partial charge is 0.493 e. The van der Waals surface area contributed by atoms with Crippen molar-refractivity contribution in [3.05, 3.63) is 71.8 Å². The Morgan fingerprint density at radius 2 is 1.81 bits per heavy atom. The van der Waals surface area contributed by atoms with Crippen molar-refractivity contribution in [1.29, 1.82) is 0 Å². The average molecular weight is 453 g/mol. The normalized spacial score (nSPS) is 10.8. The van der Waals surface area contributed by atoms with E-state index >= 15 is 0 Å². The second kappa shape index (κ2) is 9.19. The highest BCUT2D eigenvalue weighted by atomic mass is 32.1. The third-order valence-electron chi connectivity index (χ3n) is 4.79. The van der Waals surface area contributed by atoms with Crippen LogP contribution in [-0.2, 0) is 6.54 Å². The fourth-order valence-corrected chi connectivity index (χ4v) is 4.25. The molecule has 0 N–H and O–H groups in total. The van der Waals surface area contributed by atoms with Gasteiger partial charge in [0.15, 0.2) is 16.6 Å². The van der Waals surface area contributed by atoms with Crippen LogP contribution in [0, 0.1) is 5.82 Å². The fourth-order valence-electron chi connectivity index (χ4n) is 3.26. The van der Waals surface area contributed by atoms with Crippen LogP contribution in [0.25, 0.3) is 10.2 Å². The molecular weight excluding hydrogens is 433 g/mol. The molecule has 0 saturated carbocycles. The summed E-state index contributed by atoms with van der Waals surface area (Å²) in [5.74, 6) is 0.432. The molecule has 0 aliphatic carbocycles. The number of hydrogen-bond donors (Lipinski definition) is 0. The number of hydrogen-bond acceptors (Lipinski definition) is 7. The van der Waals surface area contributed by atoms with E-state index in [2.05, 4.69) is 9.97 Å². The predicted octanol–water partition coefficient (Wildman–Crippen LogP) is 4.70. The van der Waals surface area contributed by atoms with Gasteiger partial charge < -0.3 is 14.2 Å². The molecule has 0 radical (unpaired) electrons. The maximum absolute atomic E-state index is 13.7. The Kier molecular flexibility index (Phi) is 6.18. The van der Waals surface area contributed by atoms with E-state index in [1.165, 1.54) is 49.7 Å². The number of thiazole rings is 1. The highest BCUT2D eigenvalue weighted by Gasteiger charge is 2.25. The minimum atomic E-state index is -0.359. The molecule has 4 aromatic rings. The van der Waals surface area contributed by atoms with Crippen LogP contribution >= 0.6 is 11.3 Å². The van der Waals surface area contributed by atoms with Gasteiger partial charge in [-0.2, -0.15) is 0 Å². The first-order chi connectivity index (χ1) is 15.5. The number of carbonyl (C=O) groups is 1. The molecule has 0 saturated heterocycles. The fraction of sp³-hybridized carbons (Fsp3) is 0.174. The molecule has 0 bridgehead atoms. The highest BCUT2D eigenvalue weighted by molar-refractivity contribution is 7.22. The monoisotopic (exact) mass is 453 g/mol. The van der Waals surface area contributed by atoms with Crippen LogP contribution in [0.15, 0.2) is 54.9 Å². The minimum absolute atomic E-state index is 0.228. The van der Waals surface area contributed by atoms with E-state index in [9.17, 15) is 9.18 Å².